The second-order valence-corrected chi connectivity index (χ2v) is 10.3. The van der Waals surface area contributed by atoms with Crippen molar-refractivity contribution in [3.63, 3.8) is 0 Å². The fourth-order valence-electron chi connectivity index (χ4n) is 4.81. The number of hydrogen-bond acceptors (Lipinski definition) is 6. The lowest BCUT2D eigenvalue weighted by atomic mass is 9.93. The highest BCUT2D eigenvalue weighted by Crippen LogP contribution is 2.44. The predicted octanol–water partition coefficient (Wildman–Crippen LogP) is 5.05. The average Bonchev–Trinajstić information content (AvgIpc) is 3.49. The minimum atomic E-state index is -0.706. The number of carbonyl (C=O) groups is 2. The van der Waals surface area contributed by atoms with Crippen LogP contribution >= 0.6 is 11.3 Å². The molecule has 0 radical (unpaired) electrons. The van der Waals surface area contributed by atoms with Crippen molar-refractivity contribution >= 4 is 33.9 Å². The zero-order valence-corrected chi connectivity index (χ0v) is 21.5. The summed E-state index contributed by atoms with van der Waals surface area (Å²) in [6.45, 7) is 4.69. The van der Waals surface area contributed by atoms with E-state index in [4.69, 9.17) is 0 Å². The molecule has 2 N–H and O–H groups in total. The Bertz CT molecular complexity index is 1500. The highest BCUT2D eigenvalue weighted by molar-refractivity contribution is 7.17. The molecule has 184 valence electrons. The van der Waals surface area contributed by atoms with Gasteiger partial charge in [0, 0.05) is 40.8 Å². The molecule has 4 aromatic rings. The van der Waals surface area contributed by atoms with Crippen molar-refractivity contribution in [1.29, 1.82) is 0 Å². The van der Waals surface area contributed by atoms with Crippen LogP contribution in [0.1, 0.15) is 32.7 Å². The van der Waals surface area contributed by atoms with Crippen molar-refractivity contribution in [2.75, 3.05) is 27.2 Å². The molecule has 1 atom stereocenters. The molecule has 0 fully saturated rings. The number of Topliss-reactive ketones (excluding diaryl/α,β-unsaturated/α-hetero) is 1. The van der Waals surface area contributed by atoms with E-state index in [1.54, 1.807) is 11.8 Å². The predicted molar refractivity (Wildman–Crippen MR) is 142 cm³/mol. The number of thiazole rings is 1. The average molecular weight is 501 g/mol. The number of hydrogen-bond donors (Lipinski definition) is 2. The number of nitrogens with one attached hydrogen (secondary N) is 1. The molecule has 36 heavy (non-hydrogen) atoms. The lowest BCUT2D eigenvalue weighted by Gasteiger charge is -2.28. The molecular weight excluding hydrogens is 472 g/mol. The summed E-state index contributed by atoms with van der Waals surface area (Å²) in [7, 11) is 3.86. The number of H-pyrrole nitrogens is 1. The number of aliphatic hydroxyl groups excluding tert-OH is 1. The minimum Gasteiger partial charge on any atom is -0.503 e. The van der Waals surface area contributed by atoms with Crippen molar-refractivity contribution in [2.45, 2.75) is 19.9 Å². The molecule has 8 heteroatoms. The second kappa shape index (κ2) is 9.37. The van der Waals surface area contributed by atoms with E-state index in [9.17, 15) is 14.7 Å². The van der Waals surface area contributed by atoms with E-state index in [1.807, 2.05) is 80.5 Å². The molecule has 1 unspecified atom stereocenters. The Morgan fingerprint density at radius 3 is 2.53 bits per heavy atom. The zero-order valence-electron chi connectivity index (χ0n) is 20.7. The SMILES string of the molecule is Cc1nc(-c2ccccc2)sc1C(=O)C1=C(O)C(=O)N(CCN(C)C)C1c1c(C)[nH]c2ccccc12. The number of amides is 1. The maximum Gasteiger partial charge on any atom is 0.290 e. The van der Waals surface area contributed by atoms with Gasteiger partial charge in [0.1, 0.15) is 5.01 Å². The van der Waals surface area contributed by atoms with Gasteiger partial charge in [0.2, 0.25) is 5.78 Å². The number of carbonyl (C=O) groups excluding carboxylic acids is 2. The molecular formula is C28H28N4O3S. The summed E-state index contributed by atoms with van der Waals surface area (Å²) in [5, 5.41) is 12.8. The monoisotopic (exact) mass is 500 g/mol. The van der Waals surface area contributed by atoms with Gasteiger partial charge in [-0.1, -0.05) is 48.5 Å². The zero-order chi connectivity index (χ0) is 25.6. The summed E-state index contributed by atoms with van der Waals surface area (Å²) in [4.78, 5) is 39.4. The first kappa shape index (κ1) is 24.0. The topological polar surface area (TPSA) is 89.5 Å². The van der Waals surface area contributed by atoms with E-state index in [0.29, 0.717) is 23.7 Å². The summed E-state index contributed by atoms with van der Waals surface area (Å²) < 4.78 is 0. The Labute approximate surface area is 213 Å². The first-order chi connectivity index (χ1) is 17.3. The molecule has 1 amide bonds. The van der Waals surface area contributed by atoms with Crippen molar-refractivity contribution in [3.05, 3.63) is 87.8 Å². The first-order valence-corrected chi connectivity index (χ1v) is 12.6. The van der Waals surface area contributed by atoms with Gasteiger partial charge >= 0.3 is 0 Å². The minimum absolute atomic E-state index is 0.109. The van der Waals surface area contributed by atoms with E-state index in [-0.39, 0.29) is 11.4 Å². The van der Waals surface area contributed by atoms with Gasteiger partial charge in [0.15, 0.2) is 5.76 Å². The molecule has 0 saturated heterocycles. The van der Waals surface area contributed by atoms with Crippen molar-refractivity contribution in [3.8, 4) is 10.6 Å². The van der Waals surface area contributed by atoms with Gasteiger partial charge in [0.05, 0.1) is 22.2 Å². The summed E-state index contributed by atoms with van der Waals surface area (Å²) in [5.41, 5.74) is 4.21. The highest BCUT2D eigenvalue weighted by atomic mass is 32.1. The second-order valence-electron chi connectivity index (χ2n) is 9.30. The number of fused-ring (bicyclic) bond motifs is 1. The Morgan fingerprint density at radius 2 is 1.81 bits per heavy atom. The van der Waals surface area contributed by atoms with Gasteiger partial charge in [-0.15, -0.1) is 11.3 Å². The van der Waals surface area contributed by atoms with Crippen LogP contribution < -0.4 is 0 Å². The van der Waals surface area contributed by atoms with Crippen molar-refractivity contribution < 1.29 is 14.7 Å². The van der Waals surface area contributed by atoms with Crippen LogP contribution in [0, 0.1) is 13.8 Å². The summed E-state index contributed by atoms with van der Waals surface area (Å²) in [6.07, 6.45) is 0. The molecule has 1 aliphatic heterocycles. The van der Waals surface area contributed by atoms with Gasteiger partial charge < -0.3 is 19.9 Å². The Balaban J connectivity index is 1.64. The van der Waals surface area contributed by atoms with Gasteiger partial charge in [-0.2, -0.15) is 0 Å². The van der Waals surface area contributed by atoms with Gasteiger partial charge in [-0.3, -0.25) is 9.59 Å². The van der Waals surface area contributed by atoms with E-state index in [0.717, 1.165) is 32.7 Å². The number of benzene rings is 2. The Hall–Kier alpha value is -3.75. The first-order valence-electron chi connectivity index (χ1n) is 11.8. The maximum atomic E-state index is 14.1. The third-order valence-electron chi connectivity index (χ3n) is 6.58. The summed E-state index contributed by atoms with van der Waals surface area (Å²) in [6, 6.07) is 16.8. The van der Waals surface area contributed by atoms with Crippen LogP contribution in [0.3, 0.4) is 0 Å². The van der Waals surface area contributed by atoms with Crippen LogP contribution in [0.2, 0.25) is 0 Å². The molecule has 0 saturated carbocycles. The number of aromatic amines is 1. The molecule has 7 nitrogen and oxygen atoms in total. The normalized spacial score (nSPS) is 16.1. The van der Waals surface area contributed by atoms with Crippen LogP contribution in [0.25, 0.3) is 21.5 Å². The van der Waals surface area contributed by atoms with E-state index in [2.05, 4.69) is 9.97 Å². The van der Waals surface area contributed by atoms with Gasteiger partial charge in [0.25, 0.3) is 5.91 Å². The number of rotatable bonds is 7. The number of para-hydroxylation sites is 1. The lowest BCUT2D eigenvalue weighted by molar-refractivity contribution is -0.129. The third kappa shape index (κ3) is 4.02. The number of aromatic nitrogens is 2. The van der Waals surface area contributed by atoms with Crippen LogP contribution in [0.4, 0.5) is 0 Å². The Kier molecular flexibility index (Phi) is 6.24. The standard InChI is InChI=1S/C28H28N4O3S/c1-16-21(19-12-8-9-13-20(19)29-16)23-22(25(34)28(35)32(23)15-14-31(3)4)24(33)26-17(2)30-27(36-26)18-10-6-5-7-11-18/h5-13,23,29,34H,14-15H2,1-4H3. The molecule has 0 spiro atoms. The number of ketones is 1. The number of aryl methyl sites for hydroxylation is 2. The molecule has 1 aliphatic rings. The Morgan fingerprint density at radius 1 is 1.11 bits per heavy atom. The quantitative estimate of drug-likeness (QED) is 0.347. The maximum absolute atomic E-state index is 14.1. The third-order valence-corrected chi connectivity index (χ3v) is 7.78. The molecule has 0 bridgehead atoms. The molecule has 5 rings (SSSR count). The van der Waals surface area contributed by atoms with Crippen molar-refractivity contribution in [2.24, 2.45) is 0 Å². The van der Waals surface area contributed by atoms with Crippen LogP contribution in [0.5, 0.6) is 0 Å². The van der Waals surface area contributed by atoms with Gasteiger partial charge in [-0.05, 0) is 34.0 Å². The molecule has 3 heterocycles. The summed E-state index contributed by atoms with van der Waals surface area (Å²) >= 11 is 1.29. The largest absolute Gasteiger partial charge is 0.503 e. The molecule has 2 aromatic carbocycles. The van der Waals surface area contributed by atoms with Crippen LogP contribution in [-0.4, -0.2) is 63.7 Å². The van der Waals surface area contributed by atoms with Crippen LogP contribution in [-0.2, 0) is 4.79 Å². The smallest absolute Gasteiger partial charge is 0.290 e. The molecule has 2 aromatic heterocycles. The summed E-state index contributed by atoms with van der Waals surface area (Å²) in [5.74, 6) is -1.37. The number of nitrogens with zero attached hydrogens (tertiary/aromatic N) is 3. The lowest BCUT2D eigenvalue weighted by Crippen LogP contribution is -2.36. The number of aliphatic hydroxyl groups is 1. The fraction of sp³-hybridized carbons (Fsp3) is 0.250. The van der Waals surface area contributed by atoms with Gasteiger partial charge in [-0.25, -0.2) is 4.98 Å². The van der Waals surface area contributed by atoms with Crippen molar-refractivity contribution in [1.82, 2.24) is 19.8 Å². The highest BCUT2D eigenvalue weighted by Gasteiger charge is 2.45. The molecule has 0 aliphatic carbocycles. The van der Waals surface area contributed by atoms with E-state index >= 15 is 0 Å². The van der Waals surface area contributed by atoms with Crippen LogP contribution in [0.15, 0.2) is 65.9 Å². The van der Waals surface area contributed by atoms with E-state index < -0.39 is 17.7 Å². The number of likely N-dealkylation sites (N-methyl/N-ethyl adjacent to an activating group) is 1. The fourth-order valence-corrected chi connectivity index (χ4v) is 5.83. The van der Waals surface area contributed by atoms with E-state index in [1.165, 1.54) is 11.3 Å².